The maximum atomic E-state index is 12.7. The summed E-state index contributed by atoms with van der Waals surface area (Å²) in [6.45, 7) is 3.25. The van der Waals surface area contributed by atoms with Crippen LogP contribution in [-0.2, 0) is 10.0 Å². The average Bonchev–Trinajstić information content (AvgIpc) is 2.75. The molecular weight excluding hydrogens is 298 g/mol. The molecule has 0 N–H and O–H groups in total. The number of fused-ring (bicyclic) bond motifs is 1. The third-order valence-electron chi connectivity index (χ3n) is 4.10. The van der Waals surface area contributed by atoms with Crippen molar-refractivity contribution >= 4 is 21.6 Å². The van der Waals surface area contributed by atoms with E-state index >= 15 is 0 Å². The topological polar surface area (TPSA) is 53.5 Å². The van der Waals surface area contributed by atoms with Gasteiger partial charge in [0.1, 0.15) is 5.15 Å². The lowest BCUT2D eigenvalue weighted by atomic mass is 10.2. The van der Waals surface area contributed by atoms with Gasteiger partial charge in [-0.1, -0.05) is 11.6 Å². The summed E-state index contributed by atoms with van der Waals surface area (Å²) in [5.41, 5.74) is 0. The Bertz CT molecular complexity index is 593. The Balaban J connectivity index is 1.87. The molecule has 1 aromatic rings. The molecule has 0 bridgehead atoms. The molecule has 20 heavy (non-hydrogen) atoms. The van der Waals surface area contributed by atoms with Crippen molar-refractivity contribution < 1.29 is 8.42 Å². The Morgan fingerprint density at radius 1 is 1.25 bits per heavy atom. The summed E-state index contributed by atoms with van der Waals surface area (Å²) in [6.07, 6.45) is 4.58. The zero-order chi connectivity index (χ0) is 14.2. The number of rotatable bonds is 2. The third-order valence-corrected chi connectivity index (χ3v) is 6.17. The molecule has 2 aliphatic heterocycles. The number of halogens is 1. The van der Waals surface area contributed by atoms with E-state index in [0.29, 0.717) is 19.1 Å². The van der Waals surface area contributed by atoms with Crippen LogP contribution >= 0.6 is 11.6 Å². The molecule has 3 rings (SSSR count). The van der Waals surface area contributed by atoms with Crippen LogP contribution in [0, 0.1) is 0 Å². The monoisotopic (exact) mass is 315 g/mol. The summed E-state index contributed by atoms with van der Waals surface area (Å²) >= 11 is 5.81. The minimum atomic E-state index is -3.46. The second-order valence-electron chi connectivity index (χ2n) is 5.36. The number of sulfonamides is 1. The van der Waals surface area contributed by atoms with Crippen LogP contribution in [-0.4, -0.2) is 54.8 Å². The molecule has 0 aromatic carbocycles. The van der Waals surface area contributed by atoms with Gasteiger partial charge in [0, 0.05) is 25.3 Å². The van der Waals surface area contributed by atoms with Gasteiger partial charge >= 0.3 is 0 Å². The molecule has 3 heterocycles. The molecule has 0 saturated carbocycles. The molecule has 0 spiro atoms. The zero-order valence-corrected chi connectivity index (χ0v) is 12.8. The van der Waals surface area contributed by atoms with Crippen molar-refractivity contribution in [1.82, 2.24) is 14.2 Å². The van der Waals surface area contributed by atoms with E-state index in [1.807, 2.05) is 0 Å². The van der Waals surface area contributed by atoms with Crippen molar-refractivity contribution in [1.29, 1.82) is 0 Å². The van der Waals surface area contributed by atoms with E-state index in [1.165, 1.54) is 24.8 Å². The van der Waals surface area contributed by atoms with E-state index in [4.69, 9.17) is 11.6 Å². The van der Waals surface area contributed by atoms with E-state index in [-0.39, 0.29) is 10.0 Å². The van der Waals surface area contributed by atoms with Gasteiger partial charge in [0.05, 0.1) is 4.90 Å². The van der Waals surface area contributed by atoms with E-state index in [2.05, 4.69) is 9.88 Å². The zero-order valence-electron chi connectivity index (χ0n) is 11.2. The summed E-state index contributed by atoms with van der Waals surface area (Å²) in [6, 6.07) is 3.30. The Hall–Kier alpha value is -0.690. The van der Waals surface area contributed by atoms with E-state index < -0.39 is 10.0 Å². The lowest BCUT2D eigenvalue weighted by Gasteiger charge is -2.25. The number of pyridine rings is 1. The van der Waals surface area contributed by atoms with Crippen LogP contribution in [0.4, 0.5) is 0 Å². The molecular formula is C13H18ClN3O2S. The Morgan fingerprint density at radius 3 is 2.85 bits per heavy atom. The largest absolute Gasteiger partial charge is 0.299 e. The lowest BCUT2D eigenvalue weighted by molar-refractivity contribution is 0.257. The number of hydrogen-bond acceptors (Lipinski definition) is 4. The van der Waals surface area contributed by atoms with Gasteiger partial charge in [-0.05, 0) is 44.5 Å². The second kappa shape index (κ2) is 5.60. The fourth-order valence-corrected chi connectivity index (χ4v) is 4.85. The van der Waals surface area contributed by atoms with Gasteiger partial charge in [0.25, 0.3) is 0 Å². The fourth-order valence-electron chi connectivity index (χ4n) is 3.09. The van der Waals surface area contributed by atoms with Crippen molar-refractivity contribution in [2.24, 2.45) is 0 Å². The SMILES string of the molecule is O=S(=O)(c1ccnc(Cl)c1)N1CCCN2CCCC2C1. The highest BCUT2D eigenvalue weighted by atomic mass is 35.5. The minimum absolute atomic E-state index is 0.211. The minimum Gasteiger partial charge on any atom is -0.299 e. The van der Waals surface area contributed by atoms with Crippen LogP contribution < -0.4 is 0 Å². The van der Waals surface area contributed by atoms with E-state index in [0.717, 1.165) is 25.9 Å². The summed E-state index contributed by atoms with van der Waals surface area (Å²) in [5, 5.41) is 0.211. The molecule has 1 unspecified atom stereocenters. The number of hydrogen-bond donors (Lipinski definition) is 0. The molecule has 0 radical (unpaired) electrons. The summed E-state index contributed by atoms with van der Waals surface area (Å²) in [5.74, 6) is 0. The quantitative estimate of drug-likeness (QED) is 0.778. The summed E-state index contributed by atoms with van der Waals surface area (Å²) < 4.78 is 27.0. The smallest absolute Gasteiger partial charge is 0.243 e. The predicted molar refractivity (Wildman–Crippen MR) is 77.2 cm³/mol. The standard InChI is InChI=1S/C13H18ClN3O2S/c14-13-9-12(4-5-15-13)20(18,19)17-8-2-7-16-6-1-3-11(16)10-17/h4-5,9,11H,1-3,6-8,10H2. The predicted octanol–water partition coefficient (Wildman–Crippen LogP) is 1.59. The highest BCUT2D eigenvalue weighted by Gasteiger charge is 2.34. The Labute approximate surface area is 124 Å². The lowest BCUT2D eigenvalue weighted by Crippen LogP contribution is -2.39. The maximum Gasteiger partial charge on any atom is 0.243 e. The molecule has 7 heteroatoms. The van der Waals surface area contributed by atoms with Gasteiger partial charge < -0.3 is 0 Å². The first-order valence-electron chi connectivity index (χ1n) is 6.93. The Kier molecular flexibility index (Phi) is 3.99. The van der Waals surface area contributed by atoms with Crippen LogP contribution in [0.2, 0.25) is 5.15 Å². The molecule has 2 saturated heterocycles. The van der Waals surface area contributed by atoms with Crippen molar-refractivity contribution in [2.45, 2.75) is 30.2 Å². The van der Waals surface area contributed by atoms with Gasteiger partial charge in [0.2, 0.25) is 10.0 Å². The van der Waals surface area contributed by atoms with Crippen molar-refractivity contribution in [2.75, 3.05) is 26.2 Å². The molecule has 1 atom stereocenters. The summed E-state index contributed by atoms with van der Waals surface area (Å²) in [7, 11) is -3.46. The molecule has 110 valence electrons. The van der Waals surface area contributed by atoms with Crippen LogP contribution in [0.15, 0.2) is 23.2 Å². The van der Waals surface area contributed by atoms with Crippen molar-refractivity contribution in [3.8, 4) is 0 Å². The van der Waals surface area contributed by atoms with Crippen molar-refractivity contribution in [3.05, 3.63) is 23.5 Å². The molecule has 0 aliphatic carbocycles. The van der Waals surface area contributed by atoms with Gasteiger partial charge in [-0.25, -0.2) is 13.4 Å². The van der Waals surface area contributed by atoms with E-state index in [9.17, 15) is 8.42 Å². The van der Waals surface area contributed by atoms with Gasteiger partial charge in [-0.2, -0.15) is 4.31 Å². The molecule has 2 aliphatic rings. The van der Waals surface area contributed by atoms with Gasteiger partial charge in [-0.3, -0.25) is 4.90 Å². The Morgan fingerprint density at radius 2 is 2.05 bits per heavy atom. The van der Waals surface area contributed by atoms with E-state index in [1.54, 1.807) is 4.31 Å². The highest BCUT2D eigenvalue weighted by molar-refractivity contribution is 7.89. The van der Waals surface area contributed by atoms with Crippen molar-refractivity contribution in [3.63, 3.8) is 0 Å². The number of nitrogens with zero attached hydrogens (tertiary/aromatic N) is 3. The van der Waals surface area contributed by atoms with Gasteiger partial charge in [0.15, 0.2) is 0 Å². The van der Waals surface area contributed by atoms with Crippen LogP contribution in [0.25, 0.3) is 0 Å². The first kappa shape index (κ1) is 14.3. The van der Waals surface area contributed by atoms with Crippen LogP contribution in [0.1, 0.15) is 19.3 Å². The van der Waals surface area contributed by atoms with Gasteiger partial charge in [-0.15, -0.1) is 0 Å². The third kappa shape index (κ3) is 2.70. The molecule has 0 amide bonds. The van der Waals surface area contributed by atoms with Crippen LogP contribution in [0.5, 0.6) is 0 Å². The summed E-state index contributed by atoms with van der Waals surface area (Å²) in [4.78, 5) is 6.50. The van der Waals surface area contributed by atoms with Crippen LogP contribution in [0.3, 0.4) is 0 Å². The average molecular weight is 316 g/mol. The second-order valence-corrected chi connectivity index (χ2v) is 7.69. The molecule has 1 aromatic heterocycles. The normalized spacial score (nSPS) is 25.4. The fraction of sp³-hybridized carbons (Fsp3) is 0.615. The highest BCUT2D eigenvalue weighted by Crippen LogP contribution is 2.25. The first-order valence-corrected chi connectivity index (χ1v) is 8.75. The number of aromatic nitrogens is 1. The molecule has 2 fully saturated rings. The molecule has 5 nitrogen and oxygen atoms in total. The maximum absolute atomic E-state index is 12.7. The first-order chi connectivity index (χ1) is 9.57.